The van der Waals surface area contributed by atoms with Crippen LogP contribution in [0.15, 0.2) is 35.2 Å². The van der Waals surface area contributed by atoms with E-state index in [1.807, 2.05) is 5.32 Å². The molecule has 0 atom stereocenters. The van der Waals surface area contributed by atoms with Gasteiger partial charge in [0, 0.05) is 17.8 Å². The molecule has 2 N–H and O–H groups in total. The molecule has 0 aromatic heterocycles. The summed E-state index contributed by atoms with van der Waals surface area (Å²) >= 11 is 0. The molecule has 2 aromatic carbocycles. The lowest BCUT2D eigenvalue weighted by Crippen LogP contribution is -2.31. The Morgan fingerprint density at radius 1 is 0.962 bits per heavy atom. The molecular weight excluding hydrogens is 376 g/mol. The number of sulfonamides is 1. The first kappa shape index (κ1) is 19.9. The summed E-state index contributed by atoms with van der Waals surface area (Å²) < 4.78 is 80.8. The third-order valence-electron chi connectivity index (χ3n) is 3.14. The predicted octanol–water partition coefficient (Wildman–Crippen LogP) is 3.18. The standard InChI is InChI=1S/C16H14F4N2O3S/c1-8(2)22-26(24,25)13-6-5-11(18)14(15(13)20)16(23)21-9-3-4-10(17)12(19)7-9/h3-8,22H,1-2H3,(H,21,23). The highest BCUT2D eigenvalue weighted by molar-refractivity contribution is 7.89. The minimum atomic E-state index is -4.33. The van der Waals surface area contributed by atoms with E-state index in [0.29, 0.717) is 24.3 Å². The van der Waals surface area contributed by atoms with Crippen molar-refractivity contribution < 1.29 is 30.8 Å². The second-order valence-corrected chi connectivity index (χ2v) is 7.28. The highest BCUT2D eigenvalue weighted by Crippen LogP contribution is 2.23. The Balaban J connectivity index is 2.44. The smallest absolute Gasteiger partial charge is 0.261 e. The summed E-state index contributed by atoms with van der Waals surface area (Å²) in [5.74, 6) is -6.72. The van der Waals surface area contributed by atoms with E-state index < -0.39 is 55.7 Å². The number of nitrogens with one attached hydrogen (secondary N) is 2. The quantitative estimate of drug-likeness (QED) is 0.770. The summed E-state index contributed by atoms with van der Waals surface area (Å²) in [6, 6.07) is 3.05. The van der Waals surface area contributed by atoms with Crippen molar-refractivity contribution in [2.24, 2.45) is 0 Å². The summed E-state index contributed by atoms with van der Waals surface area (Å²) in [7, 11) is -4.33. The van der Waals surface area contributed by atoms with Gasteiger partial charge in [0.15, 0.2) is 17.5 Å². The van der Waals surface area contributed by atoms with Gasteiger partial charge < -0.3 is 5.32 Å². The van der Waals surface area contributed by atoms with Crippen LogP contribution in [0.2, 0.25) is 0 Å². The predicted molar refractivity (Wildman–Crippen MR) is 86.1 cm³/mol. The second-order valence-electron chi connectivity index (χ2n) is 5.59. The van der Waals surface area contributed by atoms with Gasteiger partial charge in [-0.05, 0) is 38.1 Å². The van der Waals surface area contributed by atoms with Crippen LogP contribution in [-0.2, 0) is 10.0 Å². The molecule has 1 amide bonds. The zero-order valence-electron chi connectivity index (χ0n) is 13.6. The molecule has 2 aromatic rings. The molecule has 26 heavy (non-hydrogen) atoms. The number of hydrogen-bond donors (Lipinski definition) is 2. The molecule has 0 spiro atoms. The van der Waals surface area contributed by atoms with Crippen molar-refractivity contribution in [3.8, 4) is 0 Å². The lowest BCUT2D eigenvalue weighted by molar-refractivity contribution is 0.101. The molecule has 10 heteroatoms. The molecule has 0 heterocycles. The van der Waals surface area contributed by atoms with Gasteiger partial charge in [0.25, 0.3) is 5.91 Å². The van der Waals surface area contributed by atoms with Crippen molar-refractivity contribution in [2.45, 2.75) is 24.8 Å². The van der Waals surface area contributed by atoms with Crippen molar-refractivity contribution >= 4 is 21.6 Å². The van der Waals surface area contributed by atoms with Gasteiger partial charge in [-0.2, -0.15) is 0 Å². The Hall–Kier alpha value is -2.46. The van der Waals surface area contributed by atoms with Crippen LogP contribution in [0.4, 0.5) is 23.2 Å². The zero-order valence-corrected chi connectivity index (χ0v) is 14.4. The van der Waals surface area contributed by atoms with Crippen molar-refractivity contribution in [2.75, 3.05) is 5.32 Å². The molecule has 0 bridgehead atoms. The lowest BCUT2D eigenvalue weighted by Gasteiger charge is -2.13. The molecule has 0 unspecified atom stereocenters. The maximum atomic E-state index is 14.5. The minimum Gasteiger partial charge on any atom is -0.322 e. The van der Waals surface area contributed by atoms with Crippen LogP contribution in [0.25, 0.3) is 0 Å². The van der Waals surface area contributed by atoms with Gasteiger partial charge in [0.2, 0.25) is 10.0 Å². The second kappa shape index (κ2) is 7.42. The summed E-state index contributed by atoms with van der Waals surface area (Å²) in [4.78, 5) is 11.2. The average Bonchev–Trinajstić information content (AvgIpc) is 2.49. The summed E-state index contributed by atoms with van der Waals surface area (Å²) in [6.07, 6.45) is 0. The normalized spacial score (nSPS) is 11.7. The summed E-state index contributed by atoms with van der Waals surface area (Å²) in [5.41, 5.74) is -1.43. The highest BCUT2D eigenvalue weighted by atomic mass is 32.2. The van der Waals surface area contributed by atoms with E-state index in [0.717, 1.165) is 6.07 Å². The number of benzene rings is 2. The number of carbonyl (C=O) groups excluding carboxylic acids is 1. The third-order valence-corrected chi connectivity index (χ3v) is 4.82. The first-order valence-electron chi connectivity index (χ1n) is 7.29. The topological polar surface area (TPSA) is 75.3 Å². The minimum absolute atomic E-state index is 0.263. The number of hydrogen-bond acceptors (Lipinski definition) is 3. The fraction of sp³-hybridized carbons (Fsp3) is 0.188. The van der Waals surface area contributed by atoms with Gasteiger partial charge in [0.05, 0.1) is 0 Å². The fourth-order valence-electron chi connectivity index (χ4n) is 2.09. The van der Waals surface area contributed by atoms with Crippen molar-refractivity contribution in [3.05, 3.63) is 59.2 Å². The van der Waals surface area contributed by atoms with E-state index in [9.17, 15) is 30.8 Å². The van der Waals surface area contributed by atoms with Crippen LogP contribution in [0.3, 0.4) is 0 Å². The molecule has 2 rings (SSSR count). The molecule has 0 aliphatic carbocycles. The van der Waals surface area contributed by atoms with Crippen LogP contribution in [0, 0.1) is 23.3 Å². The zero-order chi connectivity index (χ0) is 19.6. The maximum Gasteiger partial charge on any atom is 0.261 e. The largest absolute Gasteiger partial charge is 0.322 e. The van der Waals surface area contributed by atoms with Gasteiger partial charge in [0.1, 0.15) is 16.3 Å². The number of carbonyl (C=O) groups is 1. The third kappa shape index (κ3) is 4.20. The number of halogens is 4. The Morgan fingerprint density at radius 3 is 2.15 bits per heavy atom. The Kier molecular flexibility index (Phi) is 5.67. The average molecular weight is 390 g/mol. The molecule has 0 aliphatic rings. The maximum absolute atomic E-state index is 14.5. The van der Waals surface area contributed by atoms with Crippen LogP contribution < -0.4 is 10.0 Å². The van der Waals surface area contributed by atoms with Gasteiger partial charge in [-0.3, -0.25) is 4.79 Å². The van der Waals surface area contributed by atoms with Gasteiger partial charge in [-0.1, -0.05) is 0 Å². The highest BCUT2D eigenvalue weighted by Gasteiger charge is 2.27. The molecule has 0 saturated carbocycles. The van der Waals surface area contributed by atoms with E-state index in [1.54, 1.807) is 0 Å². The molecular formula is C16H14F4N2O3S. The molecule has 0 radical (unpaired) electrons. The molecule has 0 aliphatic heterocycles. The van der Waals surface area contributed by atoms with Gasteiger partial charge in [-0.15, -0.1) is 0 Å². The van der Waals surface area contributed by atoms with E-state index in [1.165, 1.54) is 13.8 Å². The van der Waals surface area contributed by atoms with Crippen molar-refractivity contribution in [3.63, 3.8) is 0 Å². The SMILES string of the molecule is CC(C)NS(=O)(=O)c1ccc(F)c(C(=O)Nc2ccc(F)c(F)c2)c1F. The first-order chi connectivity index (χ1) is 12.0. The van der Waals surface area contributed by atoms with Crippen molar-refractivity contribution in [1.29, 1.82) is 0 Å². The Labute approximate surface area is 147 Å². The van der Waals surface area contributed by atoms with Crippen LogP contribution in [-0.4, -0.2) is 20.4 Å². The number of rotatable bonds is 5. The number of anilines is 1. The van der Waals surface area contributed by atoms with E-state index in [-0.39, 0.29) is 5.69 Å². The molecule has 0 fully saturated rings. The fourth-order valence-corrected chi connectivity index (χ4v) is 3.42. The molecule has 0 saturated heterocycles. The monoisotopic (exact) mass is 390 g/mol. The summed E-state index contributed by atoms with van der Waals surface area (Å²) in [6.45, 7) is 2.99. The van der Waals surface area contributed by atoms with Crippen LogP contribution in [0.1, 0.15) is 24.2 Å². The van der Waals surface area contributed by atoms with E-state index >= 15 is 0 Å². The van der Waals surface area contributed by atoms with E-state index in [4.69, 9.17) is 0 Å². The Morgan fingerprint density at radius 2 is 1.58 bits per heavy atom. The van der Waals surface area contributed by atoms with Gasteiger partial charge >= 0.3 is 0 Å². The van der Waals surface area contributed by atoms with Crippen LogP contribution in [0.5, 0.6) is 0 Å². The van der Waals surface area contributed by atoms with E-state index in [2.05, 4.69) is 4.72 Å². The molecule has 140 valence electrons. The van der Waals surface area contributed by atoms with Crippen molar-refractivity contribution in [1.82, 2.24) is 4.72 Å². The van der Waals surface area contributed by atoms with Gasteiger partial charge in [-0.25, -0.2) is 30.7 Å². The summed E-state index contributed by atoms with van der Waals surface area (Å²) in [5, 5.41) is 1.99. The van der Waals surface area contributed by atoms with Crippen LogP contribution >= 0.6 is 0 Å². The Bertz CT molecular complexity index is 962. The first-order valence-corrected chi connectivity index (χ1v) is 8.78. The number of amides is 1. The molecule has 5 nitrogen and oxygen atoms in total. The lowest BCUT2D eigenvalue weighted by atomic mass is 10.1.